The molecule has 0 fully saturated rings. The van der Waals surface area contributed by atoms with Crippen LogP contribution in [-0.4, -0.2) is 21.9 Å². The van der Waals surface area contributed by atoms with Crippen LogP contribution in [0.1, 0.15) is 34.6 Å². The highest BCUT2D eigenvalue weighted by atomic mass is 35.5. The van der Waals surface area contributed by atoms with Gasteiger partial charge in [0.2, 0.25) is 5.91 Å². The van der Waals surface area contributed by atoms with E-state index in [0.717, 1.165) is 18.5 Å². The lowest BCUT2D eigenvalue weighted by atomic mass is 9.87. The number of hydrogen-bond acceptors (Lipinski definition) is 1. The first kappa shape index (κ1) is 19.9. The summed E-state index contributed by atoms with van der Waals surface area (Å²) in [5.41, 5.74) is 6.10. The monoisotopic (exact) mass is 428 g/mol. The molecule has 0 unspecified atom stereocenters. The fourth-order valence-electron chi connectivity index (χ4n) is 4.77. The molecule has 156 valence electrons. The summed E-state index contributed by atoms with van der Waals surface area (Å²) in [6.07, 6.45) is 3.53. The predicted octanol–water partition coefficient (Wildman–Crippen LogP) is 5.94. The Morgan fingerprint density at radius 3 is 2.48 bits per heavy atom. The summed E-state index contributed by atoms with van der Waals surface area (Å²) in [7, 11) is 2.06. The Labute approximate surface area is 187 Å². The molecule has 3 aromatic carbocycles. The van der Waals surface area contributed by atoms with E-state index in [2.05, 4.69) is 66.3 Å². The summed E-state index contributed by atoms with van der Waals surface area (Å²) < 4.78 is 2.15. The van der Waals surface area contributed by atoms with Crippen LogP contribution in [0.2, 0.25) is 5.02 Å². The lowest BCUT2D eigenvalue weighted by Gasteiger charge is -2.30. The minimum atomic E-state index is -0.0203. The number of fused-ring (bicyclic) bond motifs is 2. The van der Waals surface area contributed by atoms with Crippen LogP contribution < -0.4 is 0 Å². The summed E-state index contributed by atoms with van der Waals surface area (Å²) in [5, 5.41) is 1.90. The molecule has 4 heteroatoms. The molecule has 1 amide bonds. The first-order valence-corrected chi connectivity index (χ1v) is 11.1. The van der Waals surface area contributed by atoms with Crippen molar-refractivity contribution >= 4 is 28.4 Å². The van der Waals surface area contributed by atoms with Crippen molar-refractivity contribution in [1.29, 1.82) is 0 Å². The van der Waals surface area contributed by atoms with Crippen LogP contribution in [0.4, 0.5) is 0 Å². The van der Waals surface area contributed by atoms with Gasteiger partial charge in [-0.2, -0.15) is 0 Å². The third-order valence-corrected chi connectivity index (χ3v) is 6.69. The first-order chi connectivity index (χ1) is 15.1. The summed E-state index contributed by atoms with van der Waals surface area (Å²) in [5.74, 6) is 0.176. The number of nitrogens with zero attached hydrogens (tertiary/aromatic N) is 2. The topological polar surface area (TPSA) is 25.2 Å². The number of halogens is 1. The van der Waals surface area contributed by atoms with E-state index in [9.17, 15) is 4.79 Å². The number of benzene rings is 3. The highest BCUT2D eigenvalue weighted by Gasteiger charge is 2.27. The molecule has 1 aliphatic rings. The first-order valence-electron chi connectivity index (χ1n) is 10.7. The van der Waals surface area contributed by atoms with Crippen LogP contribution in [0.3, 0.4) is 0 Å². The smallest absolute Gasteiger partial charge is 0.223 e. The van der Waals surface area contributed by atoms with Gasteiger partial charge in [0.15, 0.2) is 0 Å². The average molecular weight is 429 g/mol. The summed E-state index contributed by atoms with van der Waals surface area (Å²) in [6, 6.07) is 24.8. The molecule has 0 spiro atoms. The Kier molecular flexibility index (Phi) is 5.29. The Morgan fingerprint density at radius 2 is 1.68 bits per heavy atom. The molecular formula is C27H25ClN2O. The van der Waals surface area contributed by atoms with Gasteiger partial charge in [-0.15, -0.1) is 0 Å². The second-order valence-electron chi connectivity index (χ2n) is 8.35. The second-order valence-corrected chi connectivity index (χ2v) is 8.79. The number of aromatic nitrogens is 1. The molecule has 0 N–H and O–H groups in total. The van der Waals surface area contributed by atoms with Crippen molar-refractivity contribution in [2.45, 2.75) is 25.3 Å². The summed E-state index contributed by atoms with van der Waals surface area (Å²) in [6.45, 7) is 1.47. The van der Waals surface area contributed by atoms with Crippen molar-refractivity contribution in [3.8, 4) is 0 Å². The van der Waals surface area contributed by atoms with E-state index in [1.54, 1.807) is 0 Å². The molecule has 1 aromatic heterocycles. The van der Waals surface area contributed by atoms with E-state index in [1.807, 2.05) is 29.2 Å². The molecule has 5 rings (SSSR count). The fourth-order valence-corrected chi connectivity index (χ4v) is 4.89. The number of hydrogen-bond donors (Lipinski definition) is 0. The van der Waals surface area contributed by atoms with Gasteiger partial charge in [-0.05, 0) is 46.9 Å². The SMILES string of the molecule is Cn1cc([C@@H](CC(=O)N2CCc3ccccc3C2)c2ccc(Cl)cc2)c2ccccc21. The standard InChI is InChI=1S/C27H25ClN2O/c1-29-18-25(23-8-4-5-9-26(23)29)24(20-10-12-22(28)13-11-20)16-27(31)30-15-14-19-6-2-3-7-21(19)17-30/h2-13,18,24H,14-17H2,1H3/t24-/m0/s1. The Morgan fingerprint density at radius 1 is 0.968 bits per heavy atom. The van der Waals surface area contributed by atoms with Gasteiger partial charge in [-0.3, -0.25) is 4.79 Å². The Bertz CT molecular complexity index is 1240. The molecular weight excluding hydrogens is 404 g/mol. The van der Waals surface area contributed by atoms with E-state index in [1.165, 1.54) is 27.6 Å². The average Bonchev–Trinajstić information content (AvgIpc) is 3.14. The largest absolute Gasteiger partial charge is 0.350 e. The number of carbonyl (C=O) groups excluding carboxylic acids is 1. The van der Waals surface area contributed by atoms with Gasteiger partial charge in [0.25, 0.3) is 0 Å². The molecule has 0 saturated heterocycles. The fraction of sp³-hybridized carbons (Fsp3) is 0.222. The maximum atomic E-state index is 13.5. The number of amides is 1. The van der Waals surface area contributed by atoms with Gasteiger partial charge in [-0.25, -0.2) is 0 Å². The Balaban J connectivity index is 1.49. The molecule has 4 aromatic rings. The number of para-hydroxylation sites is 1. The Hall–Kier alpha value is -3.04. The van der Waals surface area contributed by atoms with Gasteiger partial charge in [0.05, 0.1) is 0 Å². The van der Waals surface area contributed by atoms with Crippen LogP contribution >= 0.6 is 11.6 Å². The number of rotatable bonds is 4. The number of aryl methyl sites for hydroxylation is 1. The molecule has 0 radical (unpaired) electrons. The van der Waals surface area contributed by atoms with Gasteiger partial charge in [0.1, 0.15) is 0 Å². The van der Waals surface area contributed by atoms with Crippen molar-refractivity contribution in [2.24, 2.45) is 7.05 Å². The van der Waals surface area contributed by atoms with Gasteiger partial charge >= 0.3 is 0 Å². The summed E-state index contributed by atoms with van der Waals surface area (Å²) in [4.78, 5) is 15.5. The molecule has 2 heterocycles. The van der Waals surface area contributed by atoms with E-state index < -0.39 is 0 Å². The molecule has 0 bridgehead atoms. The molecule has 1 aliphatic heterocycles. The highest BCUT2D eigenvalue weighted by molar-refractivity contribution is 6.30. The lowest BCUT2D eigenvalue weighted by Crippen LogP contribution is -2.36. The minimum absolute atomic E-state index is 0.0203. The van der Waals surface area contributed by atoms with Crippen LogP contribution in [0.5, 0.6) is 0 Å². The van der Waals surface area contributed by atoms with E-state index in [0.29, 0.717) is 18.0 Å². The van der Waals surface area contributed by atoms with Crippen molar-refractivity contribution in [2.75, 3.05) is 6.54 Å². The predicted molar refractivity (Wildman–Crippen MR) is 126 cm³/mol. The molecule has 31 heavy (non-hydrogen) atoms. The van der Waals surface area contributed by atoms with Gasteiger partial charge < -0.3 is 9.47 Å². The van der Waals surface area contributed by atoms with Crippen LogP contribution in [0, 0.1) is 0 Å². The maximum absolute atomic E-state index is 13.5. The van der Waals surface area contributed by atoms with Crippen molar-refractivity contribution in [3.63, 3.8) is 0 Å². The van der Waals surface area contributed by atoms with E-state index >= 15 is 0 Å². The normalized spacial score (nSPS) is 14.5. The maximum Gasteiger partial charge on any atom is 0.223 e. The van der Waals surface area contributed by atoms with Gasteiger partial charge in [-0.1, -0.05) is 66.2 Å². The van der Waals surface area contributed by atoms with Crippen molar-refractivity contribution in [1.82, 2.24) is 9.47 Å². The van der Waals surface area contributed by atoms with Crippen LogP contribution in [-0.2, 0) is 24.8 Å². The highest BCUT2D eigenvalue weighted by Crippen LogP contribution is 2.35. The molecule has 0 saturated carbocycles. The molecule has 3 nitrogen and oxygen atoms in total. The zero-order valence-electron chi connectivity index (χ0n) is 17.6. The summed E-state index contributed by atoms with van der Waals surface area (Å²) >= 11 is 6.16. The molecule has 0 aliphatic carbocycles. The van der Waals surface area contributed by atoms with Gasteiger partial charge in [0, 0.05) is 54.6 Å². The third kappa shape index (κ3) is 3.86. The second kappa shape index (κ2) is 8.24. The quantitative estimate of drug-likeness (QED) is 0.395. The van der Waals surface area contributed by atoms with E-state index in [4.69, 9.17) is 11.6 Å². The third-order valence-electron chi connectivity index (χ3n) is 6.44. The van der Waals surface area contributed by atoms with Crippen LogP contribution in [0.25, 0.3) is 10.9 Å². The van der Waals surface area contributed by atoms with Crippen LogP contribution in [0.15, 0.2) is 79.0 Å². The number of carbonyl (C=O) groups is 1. The van der Waals surface area contributed by atoms with Crippen molar-refractivity contribution < 1.29 is 4.79 Å². The zero-order valence-corrected chi connectivity index (χ0v) is 18.3. The lowest BCUT2D eigenvalue weighted by molar-refractivity contribution is -0.132. The van der Waals surface area contributed by atoms with Crippen molar-refractivity contribution in [3.05, 3.63) is 106 Å². The minimum Gasteiger partial charge on any atom is -0.350 e. The molecule has 1 atom stereocenters. The van der Waals surface area contributed by atoms with E-state index in [-0.39, 0.29) is 11.8 Å². The zero-order chi connectivity index (χ0) is 21.4.